The van der Waals surface area contributed by atoms with Crippen LogP contribution in [-0.2, 0) is 4.79 Å². The van der Waals surface area contributed by atoms with E-state index in [0.29, 0.717) is 0 Å². The van der Waals surface area contributed by atoms with Crippen LogP contribution in [-0.4, -0.2) is 19.0 Å². The van der Waals surface area contributed by atoms with Gasteiger partial charge in [-0.3, -0.25) is 4.79 Å². The number of benzene rings is 1. The molecular weight excluding hydrogens is 327 g/mol. The fourth-order valence-corrected chi connectivity index (χ4v) is 2.31. The largest absolute Gasteiger partial charge is 0.322 e. The highest BCUT2D eigenvalue weighted by atomic mass is 127. The molecule has 0 atom stereocenters. The summed E-state index contributed by atoms with van der Waals surface area (Å²) in [6, 6.07) is 6.01. The molecule has 1 fully saturated rings. The summed E-state index contributed by atoms with van der Waals surface area (Å²) in [7, 11) is 0. The van der Waals surface area contributed by atoms with Gasteiger partial charge in [-0.2, -0.15) is 0 Å². The summed E-state index contributed by atoms with van der Waals surface area (Å²) < 4.78 is 1.18. The Morgan fingerprint density at radius 1 is 1.41 bits per heavy atom. The quantitative estimate of drug-likeness (QED) is 0.640. The SMILES string of the molecule is CC(C(=O)Nc1ccc(I)cc1C)=C1CNC1. The van der Waals surface area contributed by atoms with Crippen molar-refractivity contribution in [1.82, 2.24) is 5.32 Å². The summed E-state index contributed by atoms with van der Waals surface area (Å²) in [6.45, 7) is 5.56. The Hall–Kier alpha value is -0.880. The predicted molar refractivity (Wildman–Crippen MR) is 78.1 cm³/mol. The van der Waals surface area contributed by atoms with E-state index in [-0.39, 0.29) is 5.91 Å². The number of hydrogen-bond acceptors (Lipinski definition) is 2. The van der Waals surface area contributed by atoms with Gasteiger partial charge in [0.15, 0.2) is 0 Å². The first-order valence-electron chi connectivity index (χ1n) is 5.55. The molecule has 2 rings (SSSR count). The van der Waals surface area contributed by atoms with Gasteiger partial charge < -0.3 is 10.6 Å². The zero-order valence-corrected chi connectivity index (χ0v) is 12.1. The van der Waals surface area contributed by atoms with E-state index in [1.807, 2.05) is 26.0 Å². The third kappa shape index (κ3) is 2.87. The molecule has 3 nitrogen and oxygen atoms in total. The molecule has 1 saturated heterocycles. The van der Waals surface area contributed by atoms with E-state index in [1.165, 1.54) is 9.14 Å². The fourth-order valence-electron chi connectivity index (χ4n) is 1.66. The van der Waals surface area contributed by atoms with Gasteiger partial charge in [0.05, 0.1) is 0 Å². The fraction of sp³-hybridized carbons (Fsp3) is 0.308. The Labute approximate surface area is 115 Å². The average molecular weight is 342 g/mol. The first-order chi connectivity index (χ1) is 8.08. The molecule has 0 aliphatic carbocycles. The minimum atomic E-state index is 0.00538. The van der Waals surface area contributed by atoms with Gasteiger partial charge in [-0.1, -0.05) is 0 Å². The zero-order chi connectivity index (χ0) is 12.4. The summed E-state index contributed by atoms with van der Waals surface area (Å²) in [5.41, 5.74) is 4.02. The van der Waals surface area contributed by atoms with Crippen molar-refractivity contribution in [3.05, 3.63) is 38.5 Å². The number of aryl methyl sites for hydroxylation is 1. The van der Waals surface area contributed by atoms with Gasteiger partial charge in [0, 0.05) is 27.9 Å². The van der Waals surface area contributed by atoms with Crippen LogP contribution in [0.1, 0.15) is 12.5 Å². The van der Waals surface area contributed by atoms with Crippen LogP contribution in [0.2, 0.25) is 0 Å². The highest BCUT2D eigenvalue weighted by Crippen LogP contribution is 2.19. The first kappa shape index (κ1) is 12.6. The molecule has 1 heterocycles. The lowest BCUT2D eigenvalue weighted by atomic mass is 10.0. The van der Waals surface area contributed by atoms with E-state index in [0.717, 1.165) is 29.9 Å². The summed E-state index contributed by atoms with van der Waals surface area (Å²) in [5, 5.41) is 6.10. The van der Waals surface area contributed by atoms with Crippen LogP contribution in [0.5, 0.6) is 0 Å². The lowest BCUT2D eigenvalue weighted by molar-refractivity contribution is -0.112. The molecule has 1 aliphatic heterocycles. The molecule has 17 heavy (non-hydrogen) atoms. The molecule has 1 amide bonds. The van der Waals surface area contributed by atoms with Crippen LogP contribution in [0, 0.1) is 10.5 Å². The molecule has 90 valence electrons. The van der Waals surface area contributed by atoms with Crippen LogP contribution >= 0.6 is 22.6 Å². The number of hydrogen-bond donors (Lipinski definition) is 2. The van der Waals surface area contributed by atoms with Crippen LogP contribution in [0.25, 0.3) is 0 Å². The number of nitrogens with one attached hydrogen (secondary N) is 2. The van der Waals surface area contributed by atoms with E-state index in [2.05, 4.69) is 39.3 Å². The van der Waals surface area contributed by atoms with Crippen molar-refractivity contribution in [2.75, 3.05) is 18.4 Å². The zero-order valence-electron chi connectivity index (χ0n) is 9.93. The number of amides is 1. The minimum absolute atomic E-state index is 0.00538. The normalized spacial score (nSPS) is 14.2. The van der Waals surface area contributed by atoms with E-state index in [1.54, 1.807) is 0 Å². The van der Waals surface area contributed by atoms with Crippen molar-refractivity contribution in [2.24, 2.45) is 0 Å². The third-order valence-electron chi connectivity index (χ3n) is 2.98. The summed E-state index contributed by atoms with van der Waals surface area (Å²) in [4.78, 5) is 12.0. The Morgan fingerprint density at radius 2 is 2.12 bits per heavy atom. The molecule has 1 aromatic rings. The molecule has 1 aliphatic rings. The average Bonchev–Trinajstić information content (AvgIpc) is 2.19. The van der Waals surface area contributed by atoms with Crippen molar-refractivity contribution in [2.45, 2.75) is 13.8 Å². The van der Waals surface area contributed by atoms with Crippen molar-refractivity contribution >= 4 is 34.2 Å². The lowest BCUT2D eigenvalue weighted by Gasteiger charge is -2.21. The maximum Gasteiger partial charge on any atom is 0.251 e. The lowest BCUT2D eigenvalue weighted by Crippen LogP contribution is -2.36. The first-order valence-corrected chi connectivity index (χ1v) is 6.62. The third-order valence-corrected chi connectivity index (χ3v) is 3.66. The predicted octanol–water partition coefficient (Wildman–Crippen LogP) is 2.46. The van der Waals surface area contributed by atoms with Crippen LogP contribution in [0.4, 0.5) is 5.69 Å². The minimum Gasteiger partial charge on any atom is -0.322 e. The second-order valence-corrected chi connectivity index (χ2v) is 5.49. The maximum absolute atomic E-state index is 12.0. The Morgan fingerprint density at radius 3 is 2.65 bits per heavy atom. The van der Waals surface area contributed by atoms with E-state index in [4.69, 9.17) is 0 Å². The number of carbonyl (C=O) groups is 1. The topological polar surface area (TPSA) is 41.1 Å². The van der Waals surface area contributed by atoms with Crippen molar-refractivity contribution in [1.29, 1.82) is 0 Å². The second kappa shape index (κ2) is 5.18. The van der Waals surface area contributed by atoms with Crippen LogP contribution in [0.3, 0.4) is 0 Å². The highest BCUT2D eigenvalue weighted by molar-refractivity contribution is 14.1. The van der Waals surface area contributed by atoms with Gasteiger partial charge >= 0.3 is 0 Å². The molecule has 0 radical (unpaired) electrons. The molecule has 0 saturated carbocycles. The molecule has 0 bridgehead atoms. The molecule has 0 unspecified atom stereocenters. The Kier molecular flexibility index (Phi) is 3.83. The Bertz CT molecular complexity index is 488. The maximum atomic E-state index is 12.0. The van der Waals surface area contributed by atoms with Crippen LogP contribution in [0.15, 0.2) is 29.3 Å². The number of halogens is 1. The molecule has 1 aromatic carbocycles. The highest BCUT2D eigenvalue weighted by Gasteiger charge is 2.16. The van der Waals surface area contributed by atoms with Crippen molar-refractivity contribution < 1.29 is 4.79 Å². The molecule has 0 aromatic heterocycles. The van der Waals surface area contributed by atoms with Gasteiger partial charge in [-0.25, -0.2) is 0 Å². The van der Waals surface area contributed by atoms with Crippen LogP contribution < -0.4 is 10.6 Å². The number of carbonyl (C=O) groups excluding carboxylic acids is 1. The monoisotopic (exact) mass is 342 g/mol. The summed E-state index contributed by atoms with van der Waals surface area (Å²) in [5.74, 6) is 0.00538. The molecular formula is C13H15IN2O. The van der Waals surface area contributed by atoms with E-state index >= 15 is 0 Å². The van der Waals surface area contributed by atoms with Crippen molar-refractivity contribution in [3.8, 4) is 0 Å². The summed E-state index contributed by atoms with van der Waals surface area (Å²) in [6.07, 6.45) is 0. The van der Waals surface area contributed by atoms with Gasteiger partial charge in [-0.15, -0.1) is 0 Å². The number of anilines is 1. The second-order valence-electron chi connectivity index (χ2n) is 4.25. The van der Waals surface area contributed by atoms with Gasteiger partial charge in [-0.05, 0) is 65.8 Å². The molecule has 2 N–H and O–H groups in total. The Balaban J connectivity index is 2.13. The number of rotatable bonds is 2. The molecule has 0 spiro atoms. The van der Waals surface area contributed by atoms with Crippen molar-refractivity contribution in [3.63, 3.8) is 0 Å². The summed E-state index contributed by atoms with van der Waals surface area (Å²) >= 11 is 2.26. The van der Waals surface area contributed by atoms with E-state index < -0.39 is 0 Å². The van der Waals surface area contributed by atoms with Gasteiger partial charge in [0.25, 0.3) is 5.91 Å². The van der Waals surface area contributed by atoms with Gasteiger partial charge in [0.1, 0.15) is 0 Å². The van der Waals surface area contributed by atoms with Gasteiger partial charge in [0.2, 0.25) is 0 Å². The standard InChI is InChI=1S/C13H15IN2O/c1-8-5-11(14)3-4-12(8)16-13(17)9(2)10-6-15-7-10/h3-5,15H,6-7H2,1-2H3,(H,16,17). The molecule has 4 heteroatoms. The smallest absolute Gasteiger partial charge is 0.251 e. The van der Waals surface area contributed by atoms with E-state index in [9.17, 15) is 4.79 Å².